The number of aryl methyl sites for hydroxylation is 2. The predicted molar refractivity (Wildman–Crippen MR) is 67.5 cm³/mol. The number of ether oxygens (including phenoxy) is 1. The molecular weight excluding hydrogens is 228 g/mol. The second-order valence-corrected chi connectivity index (χ2v) is 4.33. The number of fused-ring (bicyclic) bond motifs is 3. The molecule has 0 fully saturated rings. The first-order valence-electron chi connectivity index (χ1n) is 6.17. The zero-order valence-corrected chi connectivity index (χ0v) is 10.2. The van der Waals surface area contributed by atoms with Crippen molar-refractivity contribution in [3.8, 4) is 11.1 Å². The van der Waals surface area contributed by atoms with Crippen molar-refractivity contribution in [2.24, 2.45) is 0 Å². The van der Waals surface area contributed by atoms with Crippen LogP contribution in [0.25, 0.3) is 11.1 Å². The number of hydrogen-bond acceptors (Lipinski definition) is 3. The van der Waals surface area contributed by atoms with Gasteiger partial charge in [0.2, 0.25) is 5.76 Å². The normalized spacial score (nSPS) is 12.7. The molecule has 1 heterocycles. The van der Waals surface area contributed by atoms with E-state index in [1.165, 1.54) is 5.56 Å². The summed E-state index contributed by atoms with van der Waals surface area (Å²) in [5.41, 5.74) is 3.50. The maximum Gasteiger partial charge on any atom is 0.374 e. The third-order valence-corrected chi connectivity index (χ3v) is 3.21. The lowest BCUT2D eigenvalue weighted by Gasteiger charge is -2.14. The third kappa shape index (κ3) is 1.72. The van der Waals surface area contributed by atoms with E-state index in [1.807, 2.05) is 12.1 Å². The number of rotatable bonds is 2. The maximum absolute atomic E-state index is 11.7. The minimum atomic E-state index is -0.385. The molecule has 2 aromatic rings. The zero-order valence-electron chi connectivity index (χ0n) is 10.2. The van der Waals surface area contributed by atoms with Crippen molar-refractivity contribution in [3.05, 3.63) is 47.4 Å². The summed E-state index contributed by atoms with van der Waals surface area (Å²) in [5, 5.41) is 0. The Hall–Kier alpha value is -2.03. The van der Waals surface area contributed by atoms with Crippen LogP contribution in [0.2, 0.25) is 0 Å². The molecule has 0 radical (unpaired) electrons. The summed E-state index contributed by atoms with van der Waals surface area (Å²) in [4.78, 5) is 11.7. The van der Waals surface area contributed by atoms with Gasteiger partial charge in [0.05, 0.1) is 6.61 Å². The van der Waals surface area contributed by atoms with E-state index in [2.05, 4.69) is 12.1 Å². The monoisotopic (exact) mass is 242 g/mol. The Morgan fingerprint density at radius 2 is 2.11 bits per heavy atom. The van der Waals surface area contributed by atoms with Gasteiger partial charge in [-0.2, -0.15) is 0 Å². The highest BCUT2D eigenvalue weighted by molar-refractivity contribution is 5.89. The quantitative estimate of drug-likeness (QED) is 0.759. The van der Waals surface area contributed by atoms with Crippen LogP contribution in [0.3, 0.4) is 0 Å². The van der Waals surface area contributed by atoms with E-state index in [9.17, 15) is 4.79 Å². The Morgan fingerprint density at radius 3 is 2.94 bits per heavy atom. The first kappa shape index (κ1) is 11.1. The number of hydrogen-bond donors (Lipinski definition) is 0. The fourth-order valence-electron chi connectivity index (χ4n) is 2.39. The number of furan rings is 1. The van der Waals surface area contributed by atoms with Crippen LogP contribution in [0.5, 0.6) is 0 Å². The van der Waals surface area contributed by atoms with Crippen LogP contribution in [0.15, 0.2) is 34.7 Å². The van der Waals surface area contributed by atoms with Crippen LogP contribution in [-0.2, 0) is 17.6 Å². The van der Waals surface area contributed by atoms with Crippen molar-refractivity contribution in [2.75, 3.05) is 6.61 Å². The van der Waals surface area contributed by atoms with Crippen molar-refractivity contribution in [1.82, 2.24) is 0 Å². The van der Waals surface area contributed by atoms with Crippen LogP contribution in [0.4, 0.5) is 0 Å². The molecular formula is C15H14O3. The molecule has 0 saturated carbocycles. The first-order valence-corrected chi connectivity index (χ1v) is 6.17. The maximum atomic E-state index is 11.7. The highest BCUT2D eigenvalue weighted by Gasteiger charge is 2.23. The molecule has 18 heavy (non-hydrogen) atoms. The fraction of sp³-hybridized carbons (Fsp3) is 0.267. The van der Waals surface area contributed by atoms with Gasteiger partial charge in [0, 0.05) is 12.0 Å². The molecule has 3 nitrogen and oxygen atoms in total. The molecule has 0 aliphatic heterocycles. The standard InChI is InChI=1S/C15H14O3/c1-2-17-15(16)14-9-12-11-6-4-3-5-10(11)7-8-13(12)18-14/h3-6,9H,2,7-8H2,1H3. The van der Waals surface area contributed by atoms with Gasteiger partial charge in [0.25, 0.3) is 0 Å². The van der Waals surface area contributed by atoms with Gasteiger partial charge >= 0.3 is 5.97 Å². The number of benzene rings is 1. The van der Waals surface area contributed by atoms with E-state index < -0.39 is 0 Å². The summed E-state index contributed by atoms with van der Waals surface area (Å²) in [6.45, 7) is 2.15. The molecule has 0 spiro atoms. The minimum absolute atomic E-state index is 0.304. The Labute approximate surface area is 105 Å². The Balaban J connectivity index is 2.04. The lowest BCUT2D eigenvalue weighted by atomic mass is 9.90. The highest BCUT2D eigenvalue weighted by atomic mass is 16.5. The minimum Gasteiger partial charge on any atom is -0.460 e. The molecule has 3 heteroatoms. The van der Waals surface area contributed by atoms with E-state index in [0.717, 1.165) is 29.7 Å². The highest BCUT2D eigenvalue weighted by Crippen LogP contribution is 2.35. The summed E-state index contributed by atoms with van der Waals surface area (Å²) in [6, 6.07) is 10.0. The molecule has 0 saturated heterocycles. The van der Waals surface area contributed by atoms with Gasteiger partial charge in [-0.05, 0) is 30.5 Å². The van der Waals surface area contributed by atoms with E-state index in [-0.39, 0.29) is 5.97 Å². The number of carbonyl (C=O) groups excluding carboxylic acids is 1. The number of esters is 1. The van der Waals surface area contributed by atoms with Crippen LogP contribution in [0, 0.1) is 0 Å². The van der Waals surface area contributed by atoms with Crippen molar-refractivity contribution >= 4 is 5.97 Å². The molecule has 92 valence electrons. The van der Waals surface area contributed by atoms with Gasteiger partial charge in [-0.3, -0.25) is 0 Å². The van der Waals surface area contributed by atoms with E-state index in [4.69, 9.17) is 9.15 Å². The molecule has 1 aliphatic carbocycles. The van der Waals surface area contributed by atoms with Gasteiger partial charge in [0.1, 0.15) is 5.76 Å². The van der Waals surface area contributed by atoms with Crippen molar-refractivity contribution in [3.63, 3.8) is 0 Å². The Bertz CT molecular complexity index is 596. The average Bonchev–Trinajstić information content (AvgIpc) is 2.83. The molecule has 0 atom stereocenters. The van der Waals surface area contributed by atoms with E-state index in [0.29, 0.717) is 12.4 Å². The summed E-state index contributed by atoms with van der Waals surface area (Å²) < 4.78 is 10.6. The summed E-state index contributed by atoms with van der Waals surface area (Å²) in [7, 11) is 0. The molecule has 1 aromatic heterocycles. The van der Waals surface area contributed by atoms with Gasteiger partial charge < -0.3 is 9.15 Å². The number of carbonyl (C=O) groups is 1. The summed E-state index contributed by atoms with van der Waals surface area (Å²) >= 11 is 0. The molecule has 0 bridgehead atoms. The molecule has 3 rings (SSSR count). The predicted octanol–water partition coefficient (Wildman–Crippen LogP) is 3.22. The second-order valence-electron chi connectivity index (χ2n) is 4.33. The lowest BCUT2D eigenvalue weighted by Crippen LogP contribution is -2.02. The average molecular weight is 242 g/mol. The molecule has 0 amide bonds. The first-order chi connectivity index (χ1) is 8.79. The lowest BCUT2D eigenvalue weighted by molar-refractivity contribution is 0.0488. The Morgan fingerprint density at radius 1 is 1.28 bits per heavy atom. The second kappa shape index (κ2) is 4.33. The largest absolute Gasteiger partial charge is 0.460 e. The van der Waals surface area contributed by atoms with Crippen molar-refractivity contribution < 1.29 is 13.9 Å². The molecule has 0 N–H and O–H groups in total. The SMILES string of the molecule is CCOC(=O)c1cc2c(o1)CCc1ccccc1-2. The molecule has 1 aliphatic rings. The van der Waals surface area contributed by atoms with Gasteiger partial charge in [-0.15, -0.1) is 0 Å². The van der Waals surface area contributed by atoms with Crippen LogP contribution < -0.4 is 0 Å². The summed E-state index contributed by atoms with van der Waals surface area (Å²) in [5.74, 6) is 0.805. The van der Waals surface area contributed by atoms with E-state index in [1.54, 1.807) is 13.0 Å². The van der Waals surface area contributed by atoms with Gasteiger partial charge in [-0.1, -0.05) is 24.3 Å². The topological polar surface area (TPSA) is 39.4 Å². The Kier molecular flexibility index (Phi) is 2.67. The van der Waals surface area contributed by atoms with Gasteiger partial charge in [-0.25, -0.2) is 4.79 Å². The smallest absolute Gasteiger partial charge is 0.374 e. The van der Waals surface area contributed by atoms with Crippen LogP contribution in [0.1, 0.15) is 28.8 Å². The zero-order chi connectivity index (χ0) is 12.5. The van der Waals surface area contributed by atoms with Crippen molar-refractivity contribution in [1.29, 1.82) is 0 Å². The van der Waals surface area contributed by atoms with Crippen LogP contribution >= 0.6 is 0 Å². The summed E-state index contributed by atoms with van der Waals surface area (Å²) in [6.07, 6.45) is 1.80. The van der Waals surface area contributed by atoms with Gasteiger partial charge in [0.15, 0.2) is 0 Å². The third-order valence-electron chi connectivity index (χ3n) is 3.21. The van der Waals surface area contributed by atoms with E-state index >= 15 is 0 Å². The molecule has 0 unspecified atom stereocenters. The fourth-order valence-corrected chi connectivity index (χ4v) is 2.39. The van der Waals surface area contributed by atoms with Crippen LogP contribution in [-0.4, -0.2) is 12.6 Å². The molecule has 1 aromatic carbocycles. The van der Waals surface area contributed by atoms with Crippen molar-refractivity contribution in [2.45, 2.75) is 19.8 Å².